The van der Waals surface area contributed by atoms with Crippen LogP contribution in [0.3, 0.4) is 0 Å². The summed E-state index contributed by atoms with van der Waals surface area (Å²) in [4.78, 5) is 13.1. The predicted molar refractivity (Wildman–Crippen MR) is 169 cm³/mol. The molecule has 0 aromatic rings. The van der Waals surface area contributed by atoms with Gasteiger partial charge in [-0.05, 0) is 117 Å². The predicted octanol–water partition coefficient (Wildman–Crippen LogP) is 8.15. The monoisotopic (exact) mass is 650 g/mol. The van der Waals surface area contributed by atoms with Crippen LogP contribution in [0.1, 0.15) is 111 Å². The Morgan fingerprint density at radius 3 is 2.64 bits per heavy atom. The van der Waals surface area contributed by atoms with Crippen molar-refractivity contribution in [1.29, 1.82) is 0 Å². The van der Waals surface area contributed by atoms with Gasteiger partial charge in [0.1, 0.15) is 6.10 Å². The third kappa shape index (κ3) is 5.82. The second-order valence-electron chi connectivity index (χ2n) is 14.8. The summed E-state index contributed by atoms with van der Waals surface area (Å²) in [6.07, 6.45) is 20.5. The van der Waals surface area contributed by atoms with Crippen molar-refractivity contribution in [2.75, 3.05) is 7.05 Å². The molecule has 0 aromatic carbocycles. The summed E-state index contributed by atoms with van der Waals surface area (Å²) >= 11 is 2.92. The van der Waals surface area contributed by atoms with Crippen LogP contribution in [0.2, 0.25) is 0 Å². The molecule has 5 heteroatoms. The average Bonchev–Trinajstić information content (AvgIpc) is 3.25. The van der Waals surface area contributed by atoms with Crippen LogP contribution in [0.4, 0.5) is 0 Å². The molecule has 3 N–H and O–H groups in total. The molecule has 0 aliphatic heterocycles. The largest absolute Gasteiger partial charge is 0.462 e. The maximum atomic E-state index is 13.1. The number of nitrogens with one attached hydrogen (secondary N) is 1. The molecule has 220 valence electrons. The normalized spacial score (nSPS) is 42.5. The SMILES string of the molecule is CNC1=CC(N)=CC(C(=O)OC2CCC3(I)C(CCC4C5CCC(C(C)CCCC(C)C)C5(C)CCC43)C2)C1. The number of carbonyl (C=O) groups excluding carboxylic acids is 1. The number of esters is 1. The minimum Gasteiger partial charge on any atom is -0.462 e. The molecule has 0 spiro atoms. The Hall–Kier alpha value is -0.720. The Kier molecular flexibility index (Phi) is 9.06. The van der Waals surface area contributed by atoms with Gasteiger partial charge in [-0.1, -0.05) is 69.5 Å². The highest BCUT2D eigenvalue weighted by Gasteiger charge is 2.61. The Bertz CT molecular complexity index is 961. The Morgan fingerprint density at radius 2 is 1.90 bits per heavy atom. The van der Waals surface area contributed by atoms with Crippen LogP contribution < -0.4 is 11.1 Å². The van der Waals surface area contributed by atoms with E-state index in [2.05, 4.69) is 55.6 Å². The van der Waals surface area contributed by atoms with Crippen LogP contribution in [0, 0.1) is 52.8 Å². The molecule has 0 amide bonds. The van der Waals surface area contributed by atoms with Gasteiger partial charge in [0, 0.05) is 28.3 Å². The molecular formula is C34H55IN2O2. The summed E-state index contributed by atoms with van der Waals surface area (Å²) in [6, 6.07) is 0. The maximum Gasteiger partial charge on any atom is 0.313 e. The molecule has 0 bridgehead atoms. The first kappa shape index (κ1) is 29.8. The zero-order valence-electron chi connectivity index (χ0n) is 25.3. The van der Waals surface area contributed by atoms with E-state index in [4.69, 9.17) is 10.5 Å². The standard InChI is InChI=1S/C34H55IN2O2/c1-21(2)7-6-8-22(3)29-11-12-30-28-10-9-24-19-27(13-16-34(24,35)31(28)14-15-33(29,30)4)39-32(38)23-17-25(36)20-26(18-23)37-5/h17,20-24,27-31,37H,6-16,18-19,36H2,1-5H3. The fourth-order valence-electron chi connectivity index (χ4n) is 10.3. The molecular weight excluding hydrogens is 595 g/mol. The van der Waals surface area contributed by atoms with Gasteiger partial charge in [-0.3, -0.25) is 4.79 Å². The molecule has 5 aliphatic rings. The second-order valence-corrected chi connectivity index (χ2v) is 16.8. The number of hydrogen-bond donors (Lipinski definition) is 2. The molecule has 5 aliphatic carbocycles. The number of alkyl halides is 1. The van der Waals surface area contributed by atoms with E-state index < -0.39 is 0 Å². The van der Waals surface area contributed by atoms with E-state index in [1.807, 2.05) is 19.2 Å². The van der Waals surface area contributed by atoms with E-state index in [1.54, 1.807) is 0 Å². The molecule has 4 saturated carbocycles. The first-order valence-corrected chi connectivity index (χ1v) is 17.4. The summed E-state index contributed by atoms with van der Waals surface area (Å²) in [5, 5.41) is 3.16. The number of rotatable bonds is 8. The number of nitrogens with two attached hydrogens (primary N) is 1. The van der Waals surface area contributed by atoms with Crippen molar-refractivity contribution in [1.82, 2.24) is 5.32 Å². The van der Waals surface area contributed by atoms with Gasteiger partial charge < -0.3 is 15.8 Å². The highest BCUT2D eigenvalue weighted by molar-refractivity contribution is 14.1. The molecule has 0 saturated heterocycles. The van der Waals surface area contributed by atoms with E-state index in [0.29, 0.717) is 26.9 Å². The Morgan fingerprint density at radius 1 is 1.10 bits per heavy atom. The minimum atomic E-state index is -0.265. The Labute approximate surface area is 252 Å². The van der Waals surface area contributed by atoms with Crippen LogP contribution in [0.15, 0.2) is 23.5 Å². The number of halogens is 1. The molecule has 0 aromatic heterocycles. The van der Waals surface area contributed by atoms with Crippen molar-refractivity contribution in [2.24, 2.45) is 58.5 Å². The zero-order valence-corrected chi connectivity index (χ0v) is 27.5. The summed E-state index contributed by atoms with van der Waals surface area (Å²) in [6.45, 7) is 10.0. The van der Waals surface area contributed by atoms with Crippen LogP contribution in [-0.4, -0.2) is 22.5 Å². The number of allylic oxidation sites excluding steroid dienone is 2. The molecule has 39 heavy (non-hydrogen) atoms. The number of fused-ring (bicyclic) bond motifs is 5. The molecule has 5 rings (SSSR count). The fourth-order valence-corrected chi connectivity index (χ4v) is 11.9. The van der Waals surface area contributed by atoms with Crippen molar-refractivity contribution >= 4 is 28.6 Å². The van der Waals surface area contributed by atoms with Crippen molar-refractivity contribution in [3.63, 3.8) is 0 Å². The Balaban J connectivity index is 1.20. The van der Waals surface area contributed by atoms with Gasteiger partial charge in [-0.15, -0.1) is 0 Å². The number of carbonyl (C=O) groups is 1. The van der Waals surface area contributed by atoms with Gasteiger partial charge in [0.25, 0.3) is 0 Å². The van der Waals surface area contributed by atoms with E-state index in [1.165, 1.54) is 64.2 Å². The quantitative estimate of drug-likeness (QED) is 0.158. The molecule has 0 radical (unpaired) electrons. The topological polar surface area (TPSA) is 64.3 Å². The van der Waals surface area contributed by atoms with Crippen LogP contribution in [0.5, 0.6) is 0 Å². The van der Waals surface area contributed by atoms with Crippen molar-refractivity contribution in [2.45, 2.75) is 121 Å². The second kappa shape index (κ2) is 11.9. The summed E-state index contributed by atoms with van der Waals surface area (Å²) in [5.41, 5.74) is 8.29. The van der Waals surface area contributed by atoms with E-state index in [9.17, 15) is 4.79 Å². The summed E-state index contributed by atoms with van der Waals surface area (Å²) < 4.78 is 6.57. The van der Waals surface area contributed by atoms with Crippen LogP contribution >= 0.6 is 22.6 Å². The van der Waals surface area contributed by atoms with Gasteiger partial charge in [-0.2, -0.15) is 0 Å². The molecule has 10 atom stereocenters. The minimum absolute atomic E-state index is 0.0666. The lowest BCUT2D eigenvalue weighted by Crippen LogP contribution is -2.56. The van der Waals surface area contributed by atoms with Gasteiger partial charge in [0.2, 0.25) is 0 Å². The van der Waals surface area contributed by atoms with Crippen molar-refractivity contribution < 1.29 is 9.53 Å². The third-order valence-corrected chi connectivity index (χ3v) is 14.5. The van der Waals surface area contributed by atoms with E-state index >= 15 is 0 Å². The van der Waals surface area contributed by atoms with Gasteiger partial charge in [0.15, 0.2) is 0 Å². The van der Waals surface area contributed by atoms with E-state index in [0.717, 1.165) is 54.0 Å². The van der Waals surface area contributed by atoms with Gasteiger partial charge in [-0.25, -0.2) is 0 Å². The first-order valence-electron chi connectivity index (χ1n) is 16.3. The summed E-state index contributed by atoms with van der Waals surface area (Å²) in [7, 11) is 1.89. The molecule has 4 nitrogen and oxygen atoms in total. The molecule has 10 unspecified atom stereocenters. The van der Waals surface area contributed by atoms with Crippen molar-refractivity contribution in [3.8, 4) is 0 Å². The smallest absolute Gasteiger partial charge is 0.313 e. The highest BCUT2D eigenvalue weighted by atomic mass is 127. The lowest BCUT2D eigenvalue weighted by atomic mass is 9.49. The fraction of sp³-hybridized carbons (Fsp3) is 0.853. The molecule has 0 heterocycles. The maximum absolute atomic E-state index is 13.1. The number of hydrogen-bond acceptors (Lipinski definition) is 4. The zero-order chi connectivity index (χ0) is 27.9. The molecule has 4 fully saturated rings. The van der Waals surface area contributed by atoms with Crippen molar-refractivity contribution in [3.05, 3.63) is 23.5 Å². The lowest BCUT2D eigenvalue weighted by molar-refractivity contribution is -0.156. The number of ether oxygens (including phenoxy) is 1. The van der Waals surface area contributed by atoms with Crippen LogP contribution in [-0.2, 0) is 9.53 Å². The summed E-state index contributed by atoms with van der Waals surface area (Å²) in [5.74, 6) is 5.65. The third-order valence-electron chi connectivity index (χ3n) is 12.3. The average molecular weight is 651 g/mol. The van der Waals surface area contributed by atoms with Gasteiger partial charge >= 0.3 is 5.97 Å². The lowest BCUT2D eigenvalue weighted by Gasteiger charge is -2.60. The highest BCUT2D eigenvalue weighted by Crippen LogP contribution is 2.68. The van der Waals surface area contributed by atoms with Gasteiger partial charge in [0.05, 0.1) is 5.92 Å². The first-order chi connectivity index (χ1) is 18.5. The van der Waals surface area contributed by atoms with E-state index in [-0.39, 0.29) is 18.0 Å². The van der Waals surface area contributed by atoms with Crippen LogP contribution in [0.25, 0.3) is 0 Å².